The average molecular weight is 260 g/mol. The van der Waals surface area contributed by atoms with E-state index in [0.29, 0.717) is 16.1 Å². The highest BCUT2D eigenvalue weighted by atomic mass is 35.5. The first-order valence-corrected chi connectivity index (χ1v) is 5.84. The molecule has 0 atom stereocenters. The molecule has 6 heteroatoms. The summed E-state index contributed by atoms with van der Waals surface area (Å²) in [6.45, 7) is 1.52. The molecule has 1 fully saturated rings. The standard InChI is InChI=1S/C10H11Cl2N3O/c11-8-5-13-9(12)10(14-8)15-3-1-7(6-16)2-4-15/h5-7H,1-4H2. The second-order valence-electron chi connectivity index (χ2n) is 3.77. The zero-order valence-electron chi connectivity index (χ0n) is 8.57. The molecule has 0 N–H and O–H groups in total. The van der Waals surface area contributed by atoms with Crippen LogP contribution in [-0.4, -0.2) is 29.3 Å². The number of anilines is 1. The largest absolute Gasteiger partial charge is 0.354 e. The fraction of sp³-hybridized carbons (Fsp3) is 0.500. The first-order chi connectivity index (χ1) is 7.70. The van der Waals surface area contributed by atoms with Gasteiger partial charge in [-0.2, -0.15) is 0 Å². The van der Waals surface area contributed by atoms with Crippen LogP contribution in [0.5, 0.6) is 0 Å². The van der Waals surface area contributed by atoms with Gasteiger partial charge in [0.05, 0.1) is 6.20 Å². The fourth-order valence-electron chi connectivity index (χ4n) is 1.79. The molecule has 4 nitrogen and oxygen atoms in total. The van der Waals surface area contributed by atoms with Crippen molar-refractivity contribution in [2.75, 3.05) is 18.0 Å². The second-order valence-corrected chi connectivity index (χ2v) is 4.51. The Bertz CT molecular complexity index is 392. The number of hydrogen-bond donors (Lipinski definition) is 0. The molecular weight excluding hydrogens is 249 g/mol. The molecule has 86 valence electrons. The third-order valence-corrected chi connectivity index (χ3v) is 3.16. The van der Waals surface area contributed by atoms with Crippen LogP contribution in [0.3, 0.4) is 0 Å². The van der Waals surface area contributed by atoms with Crippen molar-refractivity contribution in [3.05, 3.63) is 16.5 Å². The number of aromatic nitrogens is 2. The number of aldehydes is 1. The van der Waals surface area contributed by atoms with Crippen molar-refractivity contribution in [2.24, 2.45) is 5.92 Å². The zero-order chi connectivity index (χ0) is 11.5. The minimum Gasteiger partial charge on any atom is -0.354 e. The Morgan fingerprint density at radius 2 is 2.06 bits per heavy atom. The Morgan fingerprint density at radius 1 is 1.38 bits per heavy atom. The van der Waals surface area contributed by atoms with Crippen LogP contribution in [0.15, 0.2) is 6.20 Å². The fourth-order valence-corrected chi connectivity index (χ4v) is 2.13. The number of halogens is 2. The molecule has 1 saturated heterocycles. The van der Waals surface area contributed by atoms with E-state index in [9.17, 15) is 4.79 Å². The van der Waals surface area contributed by atoms with E-state index < -0.39 is 0 Å². The smallest absolute Gasteiger partial charge is 0.171 e. The molecule has 2 rings (SSSR count). The number of carbonyl (C=O) groups is 1. The van der Waals surface area contributed by atoms with Crippen LogP contribution in [-0.2, 0) is 4.79 Å². The molecule has 0 amide bonds. The Labute approximate surface area is 104 Å². The second kappa shape index (κ2) is 4.97. The highest BCUT2D eigenvalue weighted by Crippen LogP contribution is 2.26. The van der Waals surface area contributed by atoms with Gasteiger partial charge >= 0.3 is 0 Å². The Morgan fingerprint density at radius 3 is 2.69 bits per heavy atom. The van der Waals surface area contributed by atoms with Gasteiger partial charge in [0.2, 0.25) is 0 Å². The van der Waals surface area contributed by atoms with Crippen LogP contribution >= 0.6 is 23.2 Å². The lowest BCUT2D eigenvalue weighted by Crippen LogP contribution is -2.35. The summed E-state index contributed by atoms with van der Waals surface area (Å²) >= 11 is 11.7. The third kappa shape index (κ3) is 2.44. The maximum absolute atomic E-state index is 10.6. The molecule has 0 radical (unpaired) electrons. The average Bonchev–Trinajstić information content (AvgIpc) is 2.32. The van der Waals surface area contributed by atoms with Gasteiger partial charge in [-0.3, -0.25) is 0 Å². The summed E-state index contributed by atoms with van der Waals surface area (Å²) in [6, 6.07) is 0. The van der Waals surface area contributed by atoms with Gasteiger partial charge in [0, 0.05) is 19.0 Å². The van der Waals surface area contributed by atoms with E-state index in [1.807, 2.05) is 4.90 Å². The van der Waals surface area contributed by atoms with E-state index in [-0.39, 0.29) is 5.92 Å². The van der Waals surface area contributed by atoms with Crippen LogP contribution in [0.4, 0.5) is 5.82 Å². The summed E-state index contributed by atoms with van der Waals surface area (Å²) in [5.74, 6) is 0.765. The topological polar surface area (TPSA) is 46.1 Å². The molecule has 1 aromatic rings. The van der Waals surface area contributed by atoms with Gasteiger partial charge in [-0.25, -0.2) is 9.97 Å². The normalized spacial score (nSPS) is 17.5. The molecule has 0 aliphatic carbocycles. The molecule has 1 aliphatic heterocycles. The Kier molecular flexibility index (Phi) is 3.61. The van der Waals surface area contributed by atoms with Gasteiger partial charge < -0.3 is 9.69 Å². The molecule has 2 heterocycles. The summed E-state index contributed by atoms with van der Waals surface area (Å²) in [7, 11) is 0. The number of nitrogens with zero attached hydrogens (tertiary/aromatic N) is 3. The molecule has 0 saturated carbocycles. The van der Waals surface area contributed by atoms with Crippen molar-refractivity contribution in [3.63, 3.8) is 0 Å². The maximum atomic E-state index is 10.6. The molecule has 0 bridgehead atoms. The van der Waals surface area contributed by atoms with E-state index in [2.05, 4.69) is 9.97 Å². The van der Waals surface area contributed by atoms with E-state index in [1.165, 1.54) is 6.20 Å². The summed E-state index contributed by atoms with van der Waals surface area (Å²) in [4.78, 5) is 20.8. The SMILES string of the molecule is O=CC1CCN(c2nc(Cl)cnc2Cl)CC1. The van der Waals surface area contributed by atoms with Gasteiger partial charge in [0.25, 0.3) is 0 Å². The predicted molar refractivity (Wildman–Crippen MR) is 63.1 cm³/mol. The predicted octanol–water partition coefficient (Wildman–Crippen LogP) is 2.20. The molecule has 0 unspecified atom stereocenters. The van der Waals surface area contributed by atoms with Gasteiger partial charge in [0.1, 0.15) is 11.4 Å². The summed E-state index contributed by atoms with van der Waals surface area (Å²) in [6.07, 6.45) is 4.09. The summed E-state index contributed by atoms with van der Waals surface area (Å²) in [5.41, 5.74) is 0. The lowest BCUT2D eigenvalue weighted by Gasteiger charge is -2.30. The van der Waals surface area contributed by atoms with Crippen molar-refractivity contribution < 1.29 is 4.79 Å². The van der Waals surface area contributed by atoms with Crippen LogP contribution in [0.25, 0.3) is 0 Å². The molecule has 16 heavy (non-hydrogen) atoms. The summed E-state index contributed by atoms with van der Waals surface area (Å²) < 4.78 is 0. The lowest BCUT2D eigenvalue weighted by atomic mass is 9.99. The summed E-state index contributed by atoms with van der Waals surface area (Å²) in [5, 5.41) is 0.686. The molecule has 1 aliphatic rings. The van der Waals surface area contributed by atoms with Crippen LogP contribution in [0.1, 0.15) is 12.8 Å². The van der Waals surface area contributed by atoms with E-state index >= 15 is 0 Å². The number of rotatable bonds is 2. The molecule has 1 aromatic heterocycles. The van der Waals surface area contributed by atoms with Gasteiger partial charge in [-0.1, -0.05) is 23.2 Å². The molecule has 0 spiro atoms. The van der Waals surface area contributed by atoms with Gasteiger partial charge in [-0.15, -0.1) is 0 Å². The quantitative estimate of drug-likeness (QED) is 0.765. The van der Waals surface area contributed by atoms with Crippen LogP contribution in [0.2, 0.25) is 10.3 Å². The highest BCUT2D eigenvalue weighted by molar-refractivity contribution is 6.33. The maximum Gasteiger partial charge on any atom is 0.171 e. The Hall–Kier alpha value is -0.870. The first-order valence-electron chi connectivity index (χ1n) is 5.09. The van der Waals surface area contributed by atoms with E-state index in [0.717, 1.165) is 32.2 Å². The first kappa shape index (κ1) is 11.6. The molecule has 0 aromatic carbocycles. The lowest BCUT2D eigenvalue weighted by molar-refractivity contribution is -0.111. The highest BCUT2D eigenvalue weighted by Gasteiger charge is 2.21. The molecular formula is C10H11Cl2N3O. The van der Waals surface area contributed by atoms with Crippen molar-refractivity contribution in [2.45, 2.75) is 12.8 Å². The zero-order valence-corrected chi connectivity index (χ0v) is 10.1. The Balaban J connectivity index is 2.13. The van der Waals surface area contributed by atoms with Crippen molar-refractivity contribution in [1.82, 2.24) is 9.97 Å². The number of piperidine rings is 1. The van der Waals surface area contributed by atoms with Gasteiger partial charge in [-0.05, 0) is 12.8 Å². The van der Waals surface area contributed by atoms with Crippen LogP contribution < -0.4 is 4.90 Å². The van der Waals surface area contributed by atoms with Crippen molar-refractivity contribution in [3.8, 4) is 0 Å². The minimum atomic E-state index is 0.155. The number of carbonyl (C=O) groups excluding carboxylic acids is 1. The van der Waals surface area contributed by atoms with Crippen molar-refractivity contribution >= 4 is 35.3 Å². The van der Waals surface area contributed by atoms with Gasteiger partial charge in [0.15, 0.2) is 11.0 Å². The monoisotopic (exact) mass is 259 g/mol. The number of hydrogen-bond acceptors (Lipinski definition) is 4. The minimum absolute atomic E-state index is 0.155. The third-order valence-electron chi connectivity index (χ3n) is 2.71. The van der Waals surface area contributed by atoms with Crippen molar-refractivity contribution in [1.29, 1.82) is 0 Å². The van der Waals surface area contributed by atoms with Crippen LogP contribution in [0, 0.1) is 5.92 Å². The van der Waals surface area contributed by atoms with E-state index in [4.69, 9.17) is 23.2 Å². The van der Waals surface area contributed by atoms with E-state index in [1.54, 1.807) is 0 Å².